The minimum absolute atomic E-state index is 0.0644. The summed E-state index contributed by atoms with van der Waals surface area (Å²) in [6.45, 7) is 4.20. The molecule has 2 aliphatic rings. The minimum atomic E-state index is -0.417. The van der Waals surface area contributed by atoms with E-state index in [2.05, 4.69) is 5.32 Å². The van der Waals surface area contributed by atoms with Crippen molar-refractivity contribution in [3.63, 3.8) is 0 Å². The van der Waals surface area contributed by atoms with Crippen LogP contribution in [0.4, 0.5) is 4.39 Å². The van der Waals surface area contributed by atoms with Crippen LogP contribution < -0.4 is 5.32 Å². The molecule has 2 aliphatic heterocycles. The van der Waals surface area contributed by atoms with Crippen LogP contribution in [0.3, 0.4) is 0 Å². The van der Waals surface area contributed by atoms with Gasteiger partial charge in [0, 0.05) is 50.7 Å². The van der Waals surface area contributed by atoms with E-state index in [1.54, 1.807) is 11.0 Å². The molecular formula is C18H24FN3O3. The molecular weight excluding hydrogens is 325 g/mol. The van der Waals surface area contributed by atoms with Crippen LogP contribution in [-0.4, -0.2) is 73.6 Å². The normalized spacial score (nSPS) is 21.7. The number of benzene rings is 1. The van der Waals surface area contributed by atoms with Gasteiger partial charge in [-0.15, -0.1) is 0 Å². The Morgan fingerprint density at radius 3 is 2.76 bits per heavy atom. The lowest BCUT2D eigenvalue weighted by Gasteiger charge is -2.27. The maximum Gasteiger partial charge on any atom is 0.254 e. The fourth-order valence-electron chi connectivity index (χ4n) is 3.26. The Bertz CT molecular complexity index is 619. The summed E-state index contributed by atoms with van der Waals surface area (Å²) >= 11 is 0. The Kier molecular flexibility index (Phi) is 5.99. The van der Waals surface area contributed by atoms with Crippen molar-refractivity contribution in [3.8, 4) is 0 Å². The van der Waals surface area contributed by atoms with Gasteiger partial charge in [-0.1, -0.05) is 6.07 Å². The van der Waals surface area contributed by atoms with E-state index in [0.29, 0.717) is 51.4 Å². The molecule has 0 saturated carbocycles. The van der Waals surface area contributed by atoms with Gasteiger partial charge in [-0.2, -0.15) is 0 Å². The molecule has 0 radical (unpaired) electrons. The maximum atomic E-state index is 13.3. The second kappa shape index (κ2) is 8.40. The number of amides is 2. The molecule has 0 spiro atoms. The zero-order valence-electron chi connectivity index (χ0n) is 14.2. The van der Waals surface area contributed by atoms with Gasteiger partial charge in [-0.05, 0) is 24.6 Å². The topological polar surface area (TPSA) is 61.9 Å². The van der Waals surface area contributed by atoms with Gasteiger partial charge in [-0.25, -0.2) is 4.39 Å². The van der Waals surface area contributed by atoms with E-state index in [1.165, 1.54) is 18.2 Å². The number of hydrogen-bond donors (Lipinski definition) is 1. The van der Waals surface area contributed by atoms with Gasteiger partial charge in [-0.3, -0.25) is 9.59 Å². The van der Waals surface area contributed by atoms with Crippen LogP contribution in [-0.2, 0) is 9.53 Å². The van der Waals surface area contributed by atoms with Crippen molar-refractivity contribution >= 4 is 11.8 Å². The molecule has 0 aromatic heterocycles. The van der Waals surface area contributed by atoms with Crippen LogP contribution in [0.15, 0.2) is 24.3 Å². The second-order valence-corrected chi connectivity index (χ2v) is 6.47. The first-order valence-corrected chi connectivity index (χ1v) is 8.77. The van der Waals surface area contributed by atoms with Crippen molar-refractivity contribution in [2.24, 2.45) is 0 Å². The summed E-state index contributed by atoms with van der Waals surface area (Å²) in [6, 6.07) is 5.80. The van der Waals surface area contributed by atoms with E-state index in [4.69, 9.17) is 4.74 Å². The van der Waals surface area contributed by atoms with Gasteiger partial charge < -0.3 is 19.9 Å². The molecule has 2 fully saturated rings. The van der Waals surface area contributed by atoms with Gasteiger partial charge in [0.2, 0.25) is 5.91 Å². The van der Waals surface area contributed by atoms with Crippen molar-refractivity contribution in [2.75, 3.05) is 45.9 Å². The van der Waals surface area contributed by atoms with Gasteiger partial charge in [0.1, 0.15) is 5.82 Å². The number of halogens is 1. The zero-order chi connectivity index (χ0) is 17.6. The molecule has 7 heteroatoms. The monoisotopic (exact) mass is 349 g/mol. The number of nitrogens with one attached hydrogen (secondary N) is 1. The van der Waals surface area contributed by atoms with Gasteiger partial charge in [0.05, 0.1) is 13.2 Å². The molecule has 2 saturated heterocycles. The first-order valence-electron chi connectivity index (χ1n) is 8.77. The van der Waals surface area contributed by atoms with Crippen LogP contribution >= 0.6 is 0 Å². The number of carbonyl (C=O) groups is 2. The highest BCUT2D eigenvalue weighted by molar-refractivity contribution is 5.94. The SMILES string of the molecule is O=C(CC1COCCN1)N1CCCN(C(=O)c2cccc(F)c2)CC1. The average molecular weight is 349 g/mol. The van der Waals surface area contributed by atoms with Crippen molar-refractivity contribution in [1.82, 2.24) is 15.1 Å². The molecule has 3 rings (SSSR count). The van der Waals surface area contributed by atoms with E-state index in [9.17, 15) is 14.0 Å². The lowest BCUT2D eigenvalue weighted by atomic mass is 10.1. The maximum absolute atomic E-state index is 13.3. The molecule has 1 atom stereocenters. The molecule has 1 aromatic carbocycles. The predicted molar refractivity (Wildman–Crippen MR) is 90.7 cm³/mol. The van der Waals surface area contributed by atoms with Gasteiger partial charge in [0.25, 0.3) is 5.91 Å². The molecule has 2 amide bonds. The number of morpholine rings is 1. The molecule has 25 heavy (non-hydrogen) atoms. The predicted octanol–water partition coefficient (Wildman–Crippen LogP) is 0.879. The number of rotatable bonds is 3. The smallest absolute Gasteiger partial charge is 0.254 e. The Balaban J connectivity index is 1.54. The molecule has 2 heterocycles. The Morgan fingerprint density at radius 2 is 2.00 bits per heavy atom. The summed E-state index contributed by atoms with van der Waals surface area (Å²) < 4.78 is 18.7. The lowest BCUT2D eigenvalue weighted by molar-refractivity contribution is -0.132. The van der Waals surface area contributed by atoms with Crippen LogP contribution in [0.25, 0.3) is 0 Å². The number of carbonyl (C=O) groups excluding carboxylic acids is 2. The van der Waals surface area contributed by atoms with E-state index >= 15 is 0 Å². The first kappa shape index (κ1) is 17.8. The largest absolute Gasteiger partial charge is 0.378 e. The summed E-state index contributed by atoms with van der Waals surface area (Å²) in [5.41, 5.74) is 0.350. The third-order valence-corrected chi connectivity index (χ3v) is 4.63. The molecule has 0 bridgehead atoms. The fraction of sp³-hybridized carbons (Fsp3) is 0.556. The van der Waals surface area contributed by atoms with E-state index < -0.39 is 5.82 Å². The molecule has 0 aliphatic carbocycles. The highest BCUT2D eigenvalue weighted by Gasteiger charge is 2.25. The minimum Gasteiger partial charge on any atom is -0.378 e. The van der Waals surface area contributed by atoms with Crippen LogP contribution in [0.5, 0.6) is 0 Å². The van der Waals surface area contributed by atoms with Crippen LogP contribution in [0, 0.1) is 5.82 Å². The molecule has 1 N–H and O–H groups in total. The zero-order valence-corrected chi connectivity index (χ0v) is 14.2. The Morgan fingerprint density at radius 1 is 1.20 bits per heavy atom. The van der Waals surface area contributed by atoms with Crippen molar-refractivity contribution in [3.05, 3.63) is 35.6 Å². The quantitative estimate of drug-likeness (QED) is 0.880. The van der Waals surface area contributed by atoms with Crippen LogP contribution in [0.1, 0.15) is 23.2 Å². The Hall–Kier alpha value is -1.99. The summed E-state index contributed by atoms with van der Waals surface area (Å²) in [7, 11) is 0. The summed E-state index contributed by atoms with van der Waals surface area (Å²) in [5, 5.41) is 3.29. The van der Waals surface area contributed by atoms with Gasteiger partial charge >= 0.3 is 0 Å². The van der Waals surface area contributed by atoms with E-state index in [1.807, 2.05) is 4.90 Å². The van der Waals surface area contributed by atoms with Crippen molar-refractivity contribution in [2.45, 2.75) is 18.9 Å². The third-order valence-electron chi connectivity index (χ3n) is 4.63. The standard InChI is InChI=1S/C18H24FN3O3/c19-15-4-1-3-14(11-15)18(24)22-7-2-6-21(8-9-22)17(23)12-16-13-25-10-5-20-16/h1,3-4,11,16,20H,2,5-10,12-13H2. The highest BCUT2D eigenvalue weighted by Crippen LogP contribution is 2.12. The summed E-state index contributed by atoms with van der Waals surface area (Å²) in [6.07, 6.45) is 1.14. The van der Waals surface area contributed by atoms with Crippen LogP contribution in [0.2, 0.25) is 0 Å². The van der Waals surface area contributed by atoms with Gasteiger partial charge in [0.15, 0.2) is 0 Å². The fourth-order valence-corrected chi connectivity index (χ4v) is 3.26. The lowest BCUT2D eigenvalue weighted by Crippen LogP contribution is -2.45. The number of ether oxygens (including phenoxy) is 1. The number of nitrogens with zero attached hydrogens (tertiary/aromatic N) is 2. The average Bonchev–Trinajstić information content (AvgIpc) is 2.88. The van der Waals surface area contributed by atoms with Crippen molar-refractivity contribution < 1.29 is 18.7 Å². The highest BCUT2D eigenvalue weighted by atomic mass is 19.1. The first-order chi connectivity index (χ1) is 12.1. The third kappa shape index (κ3) is 4.76. The van der Waals surface area contributed by atoms with Crippen molar-refractivity contribution in [1.29, 1.82) is 0 Å². The number of hydrogen-bond acceptors (Lipinski definition) is 4. The molecule has 6 nitrogen and oxygen atoms in total. The van der Waals surface area contributed by atoms with E-state index in [-0.39, 0.29) is 17.9 Å². The Labute approximate surface area is 146 Å². The second-order valence-electron chi connectivity index (χ2n) is 6.47. The summed E-state index contributed by atoms with van der Waals surface area (Å²) in [5.74, 6) is -0.515. The molecule has 1 aromatic rings. The molecule has 136 valence electrons. The summed E-state index contributed by atoms with van der Waals surface area (Å²) in [4.78, 5) is 28.5. The van der Waals surface area contributed by atoms with E-state index in [0.717, 1.165) is 13.0 Å². The molecule has 1 unspecified atom stereocenters.